The lowest BCUT2D eigenvalue weighted by atomic mass is 9.94. The van der Waals surface area contributed by atoms with Crippen molar-refractivity contribution in [2.45, 2.75) is 45.8 Å². The van der Waals surface area contributed by atoms with Crippen molar-refractivity contribution >= 4 is 0 Å². The molecule has 0 aromatic heterocycles. The first-order valence-electron chi connectivity index (χ1n) is 4.91. The highest BCUT2D eigenvalue weighted by atomic mass is 16.5. The molecule has 4 unspecified atom stereocenters. The van der Waals surface area contributed by atoms with Gasteiger partial charge in [0.05, 0.1) is 12.2 Å². The fraction of sp³-hybridized carbons (Fsp3) is 1.00. The van der Waals surface area contributed by atoms with Crippen molar-refractivity contribution < 1.29 is 9.84 Å². The molecule has 0 aromatic carbocycles. The van der Waals surface area contributed by atoms with Crippen LogP contribution in [0.15, 0.2) is 0 Å². The van der Waals surface area contributed by atoms with Gasteiger partial charge in [0, 0.05) is 6.61 Å². The van der Waals surface area contributed by atoms with Crippen LogP contribution in [0.4, 0.5) is 0 Å². The van der Waals surface area contributed by atoms with E-state index in [0.29, 0.717) is 24.0 Å². The Kier molecular flexibility index (Phi) is 3.53. The summed E-state index contributed by atoms with van der Waals surface area (Å²) in [6.07, 6.45) is 2.80. The van der Waals surface area contributed by atoms with Crippen LogP contribution in [0.25, 0.3) is 0 Å². The van der Waals surface area contributed by atoms with Gasteiger partial charge in [-0.1, -0.05) is 13.8 Å². The van der Waals surface area contributed by atoms with E-state index in [1.54, 1.807) is 0 Å². The van der Waals surface area contributed by atoms with Crippen molar-refractivity contribution in [3.63, 3.8) is 0 Å². The van der Waals surface area contributed by atoms with E-state index < -0.39 is 0 Å². The Bertz CT molecular complexity index is 126. The molecule has 0 aliphatic carbocycles. The number of ether oxygens (including phenoxy) is 1. The molecule has 0 amide bonds. The Balaban J connectivity index is 2.35. The minimum Gasteiger partial charge on any atom is -0.396 e. The summed E-state index contributed by atoms with van der Waals surface area (Å²) >= 11 is 0. The molecule has 1 heterocycles. The van der Waals surface area contributed by atoms with Crippen LogP contribution in [-0.2, 0) is 4.74 Å². The Labute approximate surface area is 74.9 Å². The van der Waals surface area contributed by atoms with Gasteiger partial charge in [-0.05, 0) is 31.6 Å². The lowest BCUT2D eigenvalue weighted by Crippen LogP contribution is -2.18. The molecule has 4 atom stereocenters. The fourth-order valence-electron chi connectivity index (χ4n) is 1.78. The third kappa shape index (κ3) is 2.20. The quantitative estimate of drug-likeness (QED) is 0.703. The Morgan fingerprint density at radius 3 is 2.58 bits per heavy atom. The van der Waals surface area contributed by atoms with Crippen LogP contribution in [-0.4, -0.2) is 23.9 Å². The molecule has 1 N–H and O–H groups in total. The topological polar surface area (TPSA) is 29.5 Å². The molecule has 1 aliphatic rings. The van der Waals surface area contributed by atoms with Gasteiger partial charge in [-0.15, -0.1) is 0 Å². The second-order valence-corrected chi connectivity index (χ2v) is 4.08. The molecule has 2 nitrogen and oxygen atoms in total. The molecule has 1 aliphatic heterocycles. The molecule has 0 radical (unpaired) electrons. The smallest absolute Gasteiger partial charge is 0.0608 e. The van der Waals surface area contributed by atoms with Gasteiger partial charge in [0.15, 0.2) is 0 Å². The predicted molar refractivity (Wildman–Crippen MR) is 49.0 cm³/mol. The molecule has 12 heavy (non-hydrogen) atoms. The number of aliphatic hydroxyl groups excluding tert-OH is 1. The van der Waals surface area contributed by atoms with Crippen LogP contribution >= 0.6 is 0 Å². The summed E-state index contributed by atoms with van der Waals surface area (Å²) in [4.78, 5) is 0. The lowest BCUT2D eigenvalue weighted by molar-refractivity contribution is 0.0125. The summed E-state index contributed by atoms with van der Waals surface area (Å²) in [7, 11) is 0. The van der Waals surface area contributed by atoms with Gasteiger partial charge in [0.2, 0.25) is 0 Å². The highest BCUT2D eigenvalue weighted by molar-refractivity contribution is 4.79. The van der Waals surface area contributed by atoms with Crippen LogP contribution in [0.3, 0.4) is 0 Å². The van der Waals surface area contributed by atoms with Gasteiger partial charge in [-0.2, -0.15) is 0 Å². The van der Waals surface area contributed by atoms with Gasteiger partial charge in [-0.25, -0.2) is 0 Å². The predicted octanol–water partition coefficient (Wildman–Crippen LogP) is 1.82. The van der Waals surface area contributed by atoms with Crippen LogP contribution in [0.5, 0.6) is 0 Å². The maximum Gasteiger partial charge on any atom is 0.0608 e. The zero-order chi connectivity index (χ0) is 9.14. The molecule has 0 spiro atoms. The van der Waals surface area contributed by atoms with Crippen molar-refractivity contribution in [3.05, 3.63) is 0 Å². The van der Waals surface area contributed by atoms with Crippen molar-refractivity contribution in [3.8, 4) is 0 Å². The first-order valence-corrected chi connectivity index (χ1v) is 4.91. The third-order valence-corrected chi connectivity index (χ3v) is 3.01. The minimum atomic E-state index is 0.282. The fourth-order valence-corrected chi connectivity index (χ4v) is 1.78. The van der Waals surface area contributed by atoms with Crippen LogP contribution < -0.4 is 0 Å². The first kappa shape index (κ1) is 10.0. The SMILES string of the molecule is CC1CC(C(C)CCO)OC1C. The largest absolute Gasteiger partial charge is 0.396 e. The molecular weight excluding hydrogens is 152 g/mol. The monoisotopic (exact) mass is 172 g/mol. The number of hydrogen-bond donors (Lipinski definition) is 1. The van der Waals surface area contributed by atoms with E-state index in [9.17, 15) is 0 Å². The molecule has 2 heteroatoms. The first-order chi connectivity index (χ1) is 5.65. The van der Waals surface area contributed by atoms with Gasteiger partial charge in [0.1, 0.15) is 0 Å². The van der Waals surface area contributed by atoms with Gasteiger partial charge < -0.3 is 9.84 Å². The van der Waals surface area contributed by atoms with E-state index in [1.807, 2.05) is 0 Å². The van der Waals surface area contributed by atoms with E-state index >= 15 is 0 Å². The lowest BCUT2D eigenvalue weighted by Gasteiger charge is -2.17. The summed E-state index contributed by atoms with van der Waals surface area (Å²) in [5, 5.41) is 8.77. The van der Waals surface area contributed by atoms with Crippen molar-refractivity contribution in [1.82, 2.24) is 0 Å². The standard InChI is InChI=1S/C10H20O2/c1-7(4-5-11)10-6-8(2)9(3)12-10/h7-11H,4-6H2,1-3H3. The van der Waals surface area contributed by atoms with E-state index in [0.717, 1.165) is 12.8 Å². The van der Waals surface area contributed by atoms with Gasteiger partial charge in [-0.3, -0.25) is 0 Å². The maximum atomic E-state index is 8.77. The molecule has 0 saturated carbocycles. The number of aliphatic hydroxyl groups is 1. The second-order valence-electron chi connectivity index (χ2n) is 4.08. The van der Waals surface area contributed by atoms with Gasteiger partial charge in [0.25, 0.3) is 0 Å². The summed E-state index contributed by atoms with van der Waals surface area (Å²) in [5.41, 5.74) is 0. The molecule has 0 aromatic rings. The van der Waals surface area contributed by atoms with Crippen molar-refractivity contribution in [1.29, 1.82) is 0 Å². The summed E-state index contributed by atoms with van der Waals surface area (Å²) < 4.78 is 5.78. The molecule has 0 bridgehead atoms. The van der Waals surface area contributed by atoms with Crippen LogP contribution in [0.2, 0.25) is 0 Å². The van der Waals surface area contributed by atoms with Gasteiger partial charge >= 0.3 is 0 Å². The Morgan fingerprint density at radius 1 is 1.50 bits per heavy atom. The Morgan fingerprint density at radius 2 is 2.17 bits per heavy atom. The Hall–Kier alpha value is -0.0800. The maximum absolute atomic E-state index is 8.77. The average molecular weight is 172 g/mol. The zero-order valence-corrected chi connectivity index (χ0v) is 8.29. The number of hydrogen-bond acceptors (Lipinski definition) is 2. The van der Waals surface area contributed by atoms with Crippen molar-refractivity contribution in [2.24, 2.45) is 11.8 Å². The van der Waals surface area contributed by atoms with E-state index in [1.165, 1.54) is 0 Å². The second kappa shape index (κ2) is 4.24. The van der Waals surface area contributed by atoms with Crippen LogP contribution in [0.1, 0.15) is 33.6 Å². The normalized spacial score (nSPS) is 38.5. The third-order valence-electron chi connectivity index (χ3n) is 3.01. The van der Waals surface area contributed by atoms with E-state index in [4.69, 9.17) is 9.84 Å². The highest BCUT2D eigenvalue weighted by Crippen LogP contribution is 2.30. The van der Waals surface area contributed by atoms with Crippen molar-refractivity contribution in [2.75, 3.05) is 6.61 Å². The highest BCUT2D eigenvalue weighted by Gasteiger charge is 2.31. The van der Waals surface area contributed by atoms with E-state index in [2.05, 4.69) is 20.8 Å². The summed E-state index contributed by atoms with van der Waals surface area (Å²) in [5.74, 6) is 1.18. The summed E-state index contributed by atoms with van der Waals surface area (Å²) in [6, 6.07) is 0. The number of rotatable bonds is 3. The minimum absolute atomic E-state index is 0.282. The molecule has 72 valence electrons. The summed E-state index contributed by atoms with van der Waals surface area (Å²) in [6.45, 7) is 6.81. The van der Waals surface area contributed by atoms with E-state index in [-0.39, 0.29) is 6.61 Å². The zero-order valence-electron chi connectivity index (χ0n) is 8.29. The molecule has 1 fully saturated rings. The molecule has 1 rings (SSSR count). The molecule has 1 saturated heterocycles. The van der Waals surface area contributed by atoms with Crippen LogP contribution in [0, 0.1) is 11.8 Å². The molecular formula is C10H20O2. The average Bonchev–Trinajstić information content (AvgIpc) is 2.33.